The molecule has 0 fully saturated rings. The van der Waals surface area contributed by atoms with Crippen LogP contribution in [0.25, 0.3) is 22.2 Å². The molecule has 5 heteroatoms. The van der Waals surface area contributed by atoms with Gasteiger partial charge in [-0.3, -0.25) is 10.0 Å². The SMILES string of the molecule is Cc1ccc(-c2cc(CCC(=O)NO)c3cc(F)ccc3n2)cc1. The Morgan fingerprint density at radius 3 is 2.62 bits per heavy atom. The number of carbonyl (C=O) groups excluding carboxylic acids is 1. The Balaban J connectivity index is 2.09. The Labute approximate surface area is 138 Å². The van der Waals surface area contributed by atoms with Crippen LogP contribution in [0.4, 0.5) is 4.39 Å². The van der Waals surface area contributed by atoms with Crippen molar-refractivity contribution in [2.24, 2.45) is 0 Å². The van der Waals surface area contributed by atoms with E-state index in [1.807, 2.05) is 37.3 Å². The molecule has 0 aliphatic carbocycles. The Hall–Kier alpha value is -2.79. The van der Waals surface area contributed by atoms with Crippen LogP contribution in [0.15, 0.2) is 48.5 Å². The highest BCUT2D eigenvalue weighted by molar-refractivity contribution is 5.86. The highest BCUT2D eigenvalue weighted by Gasteiger charge is 2.10. The maximum Gasteiger partial charge on any atom is 0.243 e. The average molecular weight is 324 g/mol. The normalized spacial score (nSPS) is 10.8. The summed E-state index contributed by atoms with van der Waals surface area (Å²) in [5, 5.41) is 9.33. The zero-order chi connectivity index (χ0) is 17.1. The summed E-state index contributed by atoms with van der Waals surface area (Å²) in [7, 11) is 0. The van der Waals surface area contributed by atoms with Crippen LogP contribution in [-0.2, 0) is 11.2 Å². The molecule has 2 aromatic carbocycles. The zero-order valence-electron chi connectivity index (χ0n) is 13.2. The van der Waals surface area contributed by atoms with E-state index < -0.39 is 5.91 Å². The first-order valence-corrected chi connectivity index (χ1v) is 7.66. The van der Waals surface area contributed by atoms with Gasteiger partial charge in [-0.25, -0.2) is 14.9 Å². The number of nitrogens with zero attached hydrogens (tertiary/aromatic N) is 1. The Morgan fingerprint density at radius 1 is 1.17 bits per heavy atom. The molecule has 1 aromatic heterocycles. The van der Waals surface area contributed by atoms with E-state index in [0.29, 0.717) is 17.3 Å². The lowest BCUT2D eigenvalue weighted by molar-refractivity contribution is -0.129. The van der Waals surface area contributed by atoms with Crippen LogP contribution in [0.2, 0.25) is 0 Å². The number of aromatic nitrogens is 1. The Bertz CT molecular complexity index is 892. The van der Waals surface area contributed by atoms with Crippen molar-refractivity contribution in [1.29, 1.82) is 0 Å². The van der Waals surface area contributed by atoms with Gasteiger partial charge in [0.25, 0.3) is 0 Å². The third kappa shape index (κ3) is 3.41. The number of pyridine rings is 1. The monoisotopic (exact) mass is 324 g/mol. The van der Waals surface area contributed by atoms with Gasteiger partial charge in [0, 0.05) is 17.4 Å². The van der Waals surface area contributed by atoms with E-state index in [0.717, 1.165) is 22.4 Å². The van der Waals surface area contributed by atoms with E-state index in [-0.39, 0.29) is 12.2 Å². The minimum absolute atomic E-state index is 0.111. The first kappa shape index (κ1) is 16.1. The molecular weight excluding hydrogens is 307 g/mol. The van der Waals surface area contributed by atoms with Gasteiger partial charge >= 0.3 is 0 Å². The van der Waals surface area contributed by atoms with E-state index in [2.05, 4.69) is 4.98 Å². The summed E-state index contributed by atoms with van der Waals surface area (Å²) in [6.07, 6.45) is 0.493. The van der Waals surface area contributed by atoms with Gasteiger partial charge in [-0.15, -0.1) is 0 Å². The molecular formula is C19H17FN2O2. The summed E-state index contributed by atoms with van der Waals surface area (Å²) in [4.78, 5) is 15.9. The van der Waals surface area contributed by atoms with E-state index in [4.69, 9.17) is 5.21 Å². The Kier molecular flexibility index (Phi) is 4.53. The minimum atomic E-state index is -0.478. The summed E-state index contributed by atoms with van der Waals surface area (Å²) < 4.78 is 13.6. The van der Waals surface area contributed by atoms with Crippen LogP contribution >= 0.6 is 0 Å². The molecule has 24 heavy (non-hydrogen) atoms. The first-order valence-electron chi connectivity index (χ1n) is 7.66. The Morgan fingerprint density at radius 2 is 1.92 bits per heavy atom. The number of rotatable bonds is 4. The largest absolute Gasteiger partial charge is 0.289 e. The van der Waals surface area contributed by atoms with Crippen molar-refractivity contribution in [3.63, 3.8) is 0 Å². The molecule has 0 aliphatic heterocycles. The molecule has 0 saturated heterocycles. The number of hydroxylamine groups is 1. The lowest BCUT2D eigenvalue weighted by Crippen LogP contribution is -2.18. The van der Waals surface area contributed by atoms with Gasteiger partial charge in [0.15, 0.2) is 0 Å². The van der Waals surface area contributed by atoms with E-state index in [9.17, 15) is 9.18 Å². The summed E-state index contributed by atoms with van der Waals surface area (Å²) in [5.41, 5.74) is 6.00. The van der Waals surface area contributed by atoms with Crippen molar-refractivity contribution in [2.45, 2.75) is 19.8 Å². The highest BCUT2D eigenvalue weighted by Crippen LogP contribution is 2.26. The van der Waals surface area contributed by atoms with Crippen LogP contribution in [0.3, 0.4) is 0 Å². The van der Waals surface area contributed by atoms with Crippen molar-refractivity contribution in [2.75, 3.05) is 0 Å². The van der Waals surface area contributed by atoms with Gasteiger partial charge in [-0.2, -0.15) is 0 Å². The number of nitrogens with one attached hydrogen (secondary N) is 1. The molecule has 122 valence electrons. The third-order valence-electron chi connectivity index (χ3n) is 3.95. The van der Waals surface area contributed by atoms with E-state index in [1.54, 1.807) is 11.5 Å². The van der Waals surface area contributed by atoms with Crippen molar-refractivity contribution in [1.82, 2.24) is 10.5 Å². The smallest absolute Gasteiger partial charge is 0.243 e. The van der Waals surface area contributed by atoms with Gasteiger partial charge in [-0.05, 0) is 43.2 Å². The number of hydrogen-bond acceptors (Lipinski definition) is 3. The molecule has 1 heterocycles. The number of fused-ring (bicyclic) bond motifs is 1. The van der Waals surface area contributed by atoms with Gasteiger partial charge in [0.1, 0.15) is 5.82 Å². The second-order valence-corrected chi connectivity index (χ2v) is 5.73. The van der Waals surface area contributed by atoms with E-state index >= 15 is 0 Å². The average Bonchev–Trinajstić information content (AvgIpc) is 2.60. The second kappa shape index (κ2) is 6.76. The van der Waals surface area contributed by atoms with Gasteiger partial charge in [0.05, 0.1) is 11.2 Å². The second-order valence-electron chi connectivity index (χ2n) is 5.73. The maximum atomic E-state index is 13.6. The highest BCUT2D eigenvalue weighted by atomic mass is 19.1. The van der Waals surface area contributed by atoms with Crippen LogP contribution in [-0.4, -0.2) is 16.1 Å². The predicted molar refractivity (Wildman–Crippen MR) is 90.1 cm³/mol. The summed E-state index contributed by atoms with van der Waals surface area (Å²) in [6.45, 7) is 2.01. The van der Waals surface area contributed by atoms with Gasteiger partial charge in [-0.1, -0.05) is 29.8 Å². The van der Waals surface area contributed by atoms with Crippen molar-refractivity contribution < 1.29 is 14.4 Å². The summed E-state index contributed by atoms with van der Waals surface area (Å²) in [5.74, 6) is -0.825. The first-order chi connectivity index (χ1) is 11.6. The predicted octanol–water partition coefficient (Wildman–Crippen LogP) is 3.79. The minimum Gasteiger partial charge on any atom is -0.289 e. The van der Waals surface area contributed by atoms with Crippen LogP contribution in [0.1, 0.15) is 17.5 Å². The number of halogens is 1. The summed E-state index contributed by atoms with van der Waals surface area (Å²) in [6, 6.07) is 14.3. The molecule has 0 aliphatic rings. The molecule has 2 N–H and O–H groups in total. The number of amides is 1. The molecule has 4 nitrogen and oxygen atoms in total. The van der Waals surface area contributed by atoms with Crippen molar-refractivity contribution >= 4 is 16.8 Å². The number of aryl methyl sites for hydroxylation is 2. The molecule has 3 aromatic rings. The molecule has 0 radical (unpaired) electrons. The molecule has 0 saturated carbocycles. The number of carbonyl (C=O) groups is 1. The van der Waals surface area contributed by atoms with Crippen molar-refractivity contribution in [3.05, 3.63) is 65.5 Å². The van der Waals surface area contributed by atoms with Crippen LogP contribution in [0, 0.1) is 12.7 Å². The fourth-order valence-corrected chi connectivity index (χ4v) is 2.65. The lowest BCUT2D eigenvalue weighted by Gasteiger charge is -2.10. The standard InChI is InChI=1S/C19H17FN2O2/c1-12-2-4-13(5-3-12)18-10-14(6-9-19(23)22-24)16-11-15(20)7-8-17(16)21-18/h2-5,7-8,10-11,24H,6,9H2,1H3,(H,22,23). The van der Waals surface area contributed by atoms with Gasteiger partial charge in [0.2, 0.25) is 5.91 Å². The molecule has 0 spiro atoms. The molecule has 1 amide bonds. The molecule has 0 atom stereocenters. The van der Waals surface area contributed by atoms with Crippen molar-refractivity contribution in [3.8, 4) is 11.3 Å². The molecule has 0 unspecified atom stereocenters. The van der Waals surface area contributed by atoms with Crippen LogP contribution < -0.4 is 5.48 Å². The molecule has 3 rings (SSSR count). The molecule has 0 bridgehead atoms. The quantitative estimate of drug-likeness (QED) is 0.567. The summed E-state index contributed by atoms with van der Waals surface area (Å²) >= 11 is 0. The third-order valence-corrected chi connectivity index (χ3v) is 3.95. The topological polar surface area (TPSA) is 62.2 Å². The number of benzene rings is 2. The lowest BCUT2D eigenvalue weighted by atomic mass is 10.00. The maximum absolute atomic E-state index is 13.6. The fourth-order valence-electron chi connectivity index (χ4n) is 2.65. The zero-order valence-corrected chi connectivity index (χ0v) is 13.2. The van der Waals surface area contributed by atoms with Gasteiger partial charge < -0.3 is 0 Å². The number of hydrogen-bond donors (Lipinski definition) is 2. The fraction of sp³-hybridized carbons (Fsp3) is 0.158. The van der Waals surface area contributed by atoms with E-state index in [1.165, 1.54) is 12.1 Å². The van der Waals surface area contributed by atoms with Crippen LogP contribution in [0.5, 0.6) is 0 Å².